The molecule has 4 aromatic rings. The summed E-state index contributed by atoms with van der Waals surface area (Å²) >= 11 is 0. The minimum absolute atomic E-state index is 0.00257. The summed E-state index contributed by atoms with van der Waals surface area (Å²) in [7, 11) is 0. The quantitative estimate of drug-likeness (QED) is 0.430. The smallest absolute Gasteiger partial charge is 0.255 e. The van der Waals surface area contributed by atoms with Crippen LogP contribution in [0.2, 0.25) is 0 Å². The number of hydrogen-bond donors (Lipinski definition) is 1. The third-order valence-corrected chi connectivity index (χ3v) is 6.24. The lowest BCUT2D eigenvalue weighted by Crippen LogP contribution is -2.39. The second kappa shape index (κ2) is 9.93. The number of hydrogen-bond acceptors (Lipinski definition) is 5. The highest BCUT2D eigenvalue weighted by Gasteiger charge is 2.29. The Morgan fingerprint density at radius 2 is 1.69 bits per heavy atom. The summed E-state index contributed by atoms with van der Waals surface area (Å²) in [4.78, 5) is 31.9. The van der Waals surface area contributed by atoms with Crippen LogP contribution in [0, 0.1) is 6.92 Å². The summed E-state index contributed by atoms with van der Waals surface area (Å²) in [6.45, 7) is 3.27. The average Bonchev–Trinajstić information content (AvgIpc) is 3.41. The standard InChI is InChI=1S/C28H26N4O3/c1-19-9-15-24(16-10-19)29-26(33)21-13-11-20(12-14-21)25-30-27(35-31-25)23-8-5-17-32(18-23)28(34)22-6-3-2-4-7-22/h2-4,6-7,9-16,23H,5,8,17-18H2,1H3,(H,29,33). The van der Waals surface area contributed by atoms with Crippen molar-refractivity contribution in [3.63, 3.8) is 0 Å². The lowest BCUT2D eigenvalue weighted by molar-refractivity contribution is 0.0695. The first-order valence-electron chi connectivity index (χ1n) is 11.7. The summed E-state index contributed by atoms with van der Waals surface area (Å²) in [6.07, 6.45) is 1.77. The Kier molecular flexibility index (Phi) is 6.39. The monoisotopic (exact) mass is 466 g/mol. The highest BCUT2D eigenvalue weighted by atomic mass is 16.5. The molecule has 1 saturated heterocycles. The van der Waals surface area contributed by atoms with Crippen molar-refractivity contribution in [2.24, 2.45) is 0 Å². The van der Waals surface area contributed by atoms with Crippen molar-refractivity contribution in [1.82, 2.24) is 15.0 Å². The van der Waals surface area contributed by atoms with Gasteiger partial charge < -0.3 is 14.7 Å². The van der Waals surface area contributed by atoms with Crippen LogP contribution in [0.3, 0.4) is 0 Å². The van der Waals surface area contributed by atoms with E-state index in [2.05, 4.69) is 15.5 Å². The van der Waals surface area contributed by atoms with Gasteiger partial charge in [0.1, 0.15) is 0 Å². The van der Waals surface area contributed by atoms with Crippen molar-refractivity contribution >= 4 is 17.5 Å². The molecule has 2 amide bonds. The van der Waals surface area contributed by atoms with Crippen LogP contribution >= 0.6 is 0 Å². The number of aromatic nitrogens is 2. The second-order valence-corrected chi connectivity index (χ2v) is 8.81. The van der Waals surface area contributed by atoms with Gasteiger partial charge in [0, 0.05) is 35.5 Å². The van der Waals surface area contributed by atoms with Gasteiger partial charge in [0.15, 0.2) is 0 Å². The molecule has 2 heterocycles. The summed E-state index contributed by atoms with van der Waals surface area (Å²) in [5, 5.41) is 7.05. The van der Waals surface area contributed by atoms with E-state index in [0.717, 1.165) is 36.2 Å². The van der Waals surface area contributed by atoms with Gasteiger partial charge in [0.2, 0.25) is 11.7 Å². The molecule has 1 aromatic heterocycles. The van der Waals surface area contributed by atoms with E-state index >= 15 is 0 Å². The van der Waals surface area contributed by atoms with Gasteiger partial charge in [0.05, 0.1) is 5.92 Å². The molecule has 176 valence electrons. The van der Waals surface area contributed by atoms with Crippen LogP contribution in [0.1, 0.15) is 50.9 Å². The number of nitrogens with zero attached hydrogens (tertiary/aromatic N) is 3. The molecule has 0 spiro atoms. The first-order valence-corrected chi connectivity index (χ1v) is 11.7. The molecule has 1 aliphatic heterocycles. The zero-order valence-electron chi connectivity index (χ0n) is 19.5. The fourth-order valence-electron chi connectivity index (χ4n) is 4.26. The van der Waals surface area contributed by atoms with Gasteiger partial charge in [-0.15, -0.1) is 0 Å². The van der Waals surface area contributed by atoms with Crippen LogP contribution < -0.4 is 5.32 Å². The fraction of sp³-hybridized carbons (Fsp3) is 0.214. The molecule has 5 rings (SSSR count). The molecule has 0 aliphatic carbocycles. The van der Waals surface area contributed by atoms with Gasteiger partial charge >= 0.3 is 0 Å². The molecule has 7 heteroatoms. The second-order valence-electron chi connectivity index (χ2n) is 8.81. The average molecular weight is 467 g/mol. The van der Waals surface area contributed by atoms with Crippen LogP contribution in [0.15, 0.2) is 83.4 Å². The third-order valence-electron chi connectivity index (χ3n) is 6.24. The van der Waals surface area contributed by atoms with Crippen LogP contribution in [0.5, 0.6) is 0 Å². The van der Waals surface area contributed by atoms with Crippen LogP contribution in [0.4, 0.5) is 5.69 Å². The predicted octanol–water partition coefficient (Wildman–Crippen LogP) is 5.32. The summed E-state index contributed by atoms with van der Waals surface area (Å²) in [5.74, 6) is 0.843. The van der Waals surface area contributed by atoms with Gasteiger partial charge in [-0.1, -0.05) is 53.2 Å². The molecular formula is C28H26N4O3. The Hall–Kier alpha value is -4.26. The van der Waals surface area contributed by atoms with E-state index in [9.17, 15) is 9.59 Å². The number of piperidine rings is 1. The zero-order chi connectivity index (χ0) is 24.2. The molecule has 1 atom stereocenters. The van der Waals surface area contributed by atoms with Gasteiger partial charge in [-0.2, -0.15) is 4.98 Å². The highest BCUT2D eigenvalue weighted by molar-refractivity contribution is 6.04. The van der Waals surface area contributed by atoms with E-state index in [1.165, 1.54) is 0 Å². The van der Waals surface area contributed by atoms with Crippen molar-refractivity contribution in [2.45, 2.75) is 25.7 Å². The SMILES string of the molecule is Cc1ccc(NC(=O)c2ccc(-c3noc(C4CCCN(C(=O)c5ccccc5)C4)n3)cc2)cc1. The molecule has 0 bridgehead atoms. The van der Waals surface area contributed by atoms with Crippen LogP contribution in [-0.4, -0.2) is 39.9 Å². The van der Waals surface area contributed by atoms with Crippen molar-refractivity contribution < 1.29 is 14.1 Å². The molecule has 7 nitrogen and oxygen atoms in total. The minimum Gasteiger partial charge on any atom is -0.339 e. The Morgan fingerprint density at radius 3 is 2.43 bits per heavy atom. The van der Waals surface area contributed by atoms with E-state index in [0.29, 0.717) is 29.4 Å². The maximum Gasteiger partial charge on any atom is 0.255 e. The van der Waals surface area contributed by atoms with Crippen molar-refractivity contribution in [3.05, 3.63) is 101 Å². The van der Waals surface area contributed by atoms with E-state index in [-0.39, 0.29) is 17.7 Å². The lowest BCUT2D eigenvalue weighted by atomic mass is 9.97. The molecule has 1 N–H and O–H groups in total. The van der Waals surface area contributed by atoms with Gasteiger partial charge in [0.25, 0.3) is 11.8 Å². The first kappa shape index (κ1) is 22.5. The summed E-state index contributed by atoms with van der Waals surface area (Å²) in [6, 6.07) is 24.1. The number of aryl methyl sites for hydroxylation is 1. The topological polar surface area (TPSA) is 88.3 Å². The Labute approximate surface area is 203 Å². The van der Waals surface area contributed by atoms with Crippen LogP contribution in [-0.2, 0) is 0 Å². The summed E-state index contributed by atoms with van der Waals surface area (Å²) < 4.78 is 5.58. The fourth-order valence-corrected chi connectivity index (χ4v) is 4.26. The summed E-state index contributed by atoms with van der Waals surface area (Å²) in [5.41, 5.74) is 3.88. The van der Waals surface area contributed by atoms with Crippen molar-refractivity contribution in [1.29, 1.82) is 0 Å². The molecule has 3 aromatic carbocycles. The maximum atomic E-state index is 12.8. The van der Waals surface area contributed by atoms with E-state index < -0.39 is 0 Å². The molecule has 1 fully saturated rings. The predicted molar refractivity (Wildman–Crippen MR) is 133 cm³/mol. The van der Waals surface area contributed by atoms with Gasteiger partial charge in [-0.25, -0.2) is 0 Å². The van der Waals surface area contributed by atoms with Gasteiger partial charge in [-0.05, 0) is 56.2 Å². The molecule has 35 heavy (non-hydrogen) atoms. The minimum atomic E-state index is -0.181. The number of benzene rings is 3. The Bertz CT molecular complexity index is 1310. The normalized spacial score (nSPS) is 15.6. The van der Waals surface area contributed by atoms with E-state index in [1.54, 1.807) is 12.1 Å². The molecular weight excluding hydrogens is 440 g/mol. The Morgan fingerprint density at radius 1 is 0.943 bits per heavy atom. The zero-order valence-corrected chi connectivity index (χ0v) is 19.5. The number of carbonyl (C=O) groups excluding carboxylic acids is 2. The first-order chi connectivity index (χ1) is 17.1. The number of carbonyl (C=O) groups is 2. The van der Waals surface area contributed by atoms with Crippen molar-refractivity contribution in [3.8, 4) is 11.4 Å². The molecule has 0 radical (unpaired) electrons. The molecule has 1 aliphatic rings. The largest absolute Gasteiger partial charge is 0.339 e. The lowest BCUT2D eigenvalue weighted by Gasteiger charge is -2.31. The number of nitrogens with one attached hydrogen (secondary N) is 1. The third kappa shape index (κ3) is 5.14. The van der Waals surface area contributed by atoms with Gasteiger partial charge in [-0.3, -0.25) is 9.59 Å². The molecule has 1 unspecified atom stereocenters. The Balaban J connectivity index is 1.24. The number of anilines is 1. The van der Waals surface area contributed by atoms with Crippen molar-refractivity contribution in [2.75, 3.05) is 18.4 Å². The van der Waals surface area contributed by atoms with Crippen LogP contribution in [0.25, 0.3) is 11.4 Å². The van der Waals surface area contributed by atoms with E-state index in [1.807, 2.05) is 78.6 Å². The maximum absolute atomic E-state index is 12.8. The highest BCUT2D eigenvalue weighted by Crippen LogP contribution is 2.28. The number of likely N-dealkylation sites (tertiary alicyclic amines) is 1. The molecule has 0 saturated carbocycles. The van der Waals surface area contributed by atoms with E-state index in [4.69, 9.17) is 4.52 Å². The number of rotatable bonds is 5. The number of amides is 2.